The van der Waals surface area contributed by atoms with E-state index in [-0.39, 0.29) is 11.0 Å². The van der Waals surface area contributed by atoms with Gasteiger partial charge in [0.2, 0.25) is 0 Å². The van der Waals surface area contributed by atoms with Crippen LogP contribution >= 0.6 is 0 Å². The number of carbonyl (C=O) groups is 1. The molecule has 2 atom stereocenters. The number of nitrogens with zero attached hydrogens (tertiary/aromatic N) is 2. The van der Waals surface area contributed by atoms with E-state index < -0.39 is 5.97 Å². The molecule has 2 aromatic carbocycles. The first-order valence-corrected chi connectivity index (χ1v) is 10.7. The number of pyridine rings is 1. The number of hydrogen-bond donors (Lipinski definition) is 0. The average molecular weight is 426 g/mol. The Morgan fingerprint density at radius 1 is 1.09 bits per heavy atom. The number of para-hydroxylation sites is 1. The number of fused-ring (bicyclic) bond motifs is 2. The highest BCUT2D eigenvalue weighted by Crippen LogP contribution is 2.67. The molecule has 2 aliphatic rings. The van der Waals surface area contributed by atoms with Crippen LogP contribution < -0.4 is 9.47 Å². The van der Waals surface area contributed by atoms with Gasteiger partial charge in [-0.05, 0) is 31.0 Å². The van der Waals surface area contributed by atoms with Gasteiger partial charge in [0.15, 0.2) is 0 Å². The van der Waals surface area contributed by atoms with E-state index in [4.69, 9.17) is 19.2 Å². The fraction of sp³-hybridized carbons (Fsp3) is 0.231. The largest absolute Gasteiger partial charge is 0.488 e. The molecule has 32 heavy (non-hydrogen) atoms. The SMILES string of the molecule is CC12CC1(c1cn3cc(C(=O)Oc4ccccc4)c(OCc4ccccc4)cc3n1)CO2. The third-order valence-corrected chi connectivity index (χ3v) is 6.62. The first-order valence-electron chi connectivity index (χ1n) is 10.7. The number of carbonyl (C=O) groups excluding carboxylic acids is 1. The van der Waals surface area contributed by atoms with Gasteiger partial charge in [-0.25, -0.2) is 9.78 Å². The summed E-state index contributed by atoms with van der Waals surface area (Å²) in [5.74, 6) is 0.454. The molecule has 0 radical (unpaired) electrons. The zero-order chi connectivity index (χ0) is 21.8. The van der Waals surface area contributed by atoms with Gasteiger partial charge in [-0.3, -0.25) is 0 Å². The van der Waals surface area contributed by atoms with Crippen molar-refractivity contribution in [2.75, 3.05) is 6.61 Å². The minimum absolute atomic E-state index is 0.00517. The fourth-order valence-electron chi connectivity index (χ4n) is 4.47. The van der Waals surface area contributed by atoms with Crippen molar-refractivity contribution < 1.29 is 19.0 Å². The Kier molecular flexibility index (Phi) is 4.13. The minimum Gasteiger partial charge on any atom is -0.488 e. The molecular weight excluding hydrogens is 404 g/mol. The molecule has 2 fully saturated rings. The van der Waals surface area contributed by atoms with Crippen molar-refractivity contribution >= 4 is 11.6 Å². The van der Waals surface area contributed by atoms with Gasteiger partial charge >= 0.3 is 5.97 Å². The summed E-state index contributed by atoms with van der Waals surface area (Å²) in [6.45, 7) is 3.15. The first kappa shape index (κ1) is 19.1. The Balaban J connectivity index is 1.36. The number of esters is 1. The Hall–Kier alpha value is -3.64. The van der Waals surface area contributed by atoms with Crippen LogP contribution in [-0.4, -0.2) is 27.6 Å². The second-order valence-corrected chi connectivity index (χ2v) is 8.70. The van der Waals surface area contributed by atoms with E-state index in [9.17, 15) is 4.79 Å². The van der Waals surface area contributed by atoms with Gasteiger partial charge in [0.05, 0.1) is 23.3 Å². The molecule has 160 valence electrons. The monoisotopic (exact) mass is 426 g/mol. The summed E-state index contributed by atoms with van der Waals surface area (Å²) < 4.78 is 19.3. The lowest BCUT2D eigenvalue weighted by Crippen LogP contribution is -2.40. The standard InChI is InChI=1S/C26H22N2O4/c1-25-16-26(25,17-31-25)22-14-28-13-20(24(29)32-19-10-6-3-7-11-19)21(12-23(28)27-22)30-15-18-8-4-2-5-9-18/h2-14H,15-17H2,1H3. The van der Waals surface area contributed by atoms with Crippen molar-refractivity contribution in [1.82, 2.24) is 9.38 Å². The van der Waals surface area contributed by atoms with Crippen LogP contribution in [0.25, 0.3) is 5.65 Å². The van der Waals surface area contributed by atoms with Crippen molar-refractivity contribution in [2.45, 2.75) is 31.0 Å². The Labute approximate surface area is 185 Å². The van der Waals surface area contributed by atoms with E-state index in [1.165, 1.54) is 0 Å². The van der Waals surface area contributed by atoms with Gasteiger partial charge < -0.3 is 18.6 Å². The highest BCUT2D eigenvalue weighted by atomic mass is 16.5. The lowest BCUT2D eigenvalue weighted by atomic mass is 9.95. The molecule has 0 N–H and O–H groups in total. The van der Waals surface area contributed by atoms with Crippen molar-refractivity contribution in [3.05, 3.63) is 95.9 Å². The lowest BCUT2D eigenvalue weighted by Gasteiger charge is -2.31. The van der Waals surface area contributed by atoms with Crippen molar-refractivity contribution in [3.63, 3.8) is 0 Å². The summed E-state index contributed by atoms with van der Waals surface area (Å²) in [5, 5.41) is 0. The maximum atomic E-state index is 13.1. The molecule has 1 saturated heterocycles. The molecule has 0 amide bonds. The highest BCUT2D eigenvalue weighted by Gasteiger charge is 2.75. The molecule has 1 saturated carbocycles. The summed E-state index contributed by atoms with van der Waals surface area (Å²) in [6, 6.07) is 20.7. The molecule has 6 nitrogen and oxygen atoms in total. The second kappa shape index (κ2) is 6.93. The average Bonchev–Trinajstić information content (AvgIpc) is 3.10. The van der Waals surface area contributed by atoms with Gasteiger partial charge in [-0.15, -0.1) is 0 Å². The Morgan fingerprint density at radius 3 is 2.50 bits per heavy atom. The van der Waals surface area contributed by atoms with E-state index >= 15 is 0 Å². The number of ether oxygens (including phenoxy) is 3. The maximum absolute atomic E-state index is 13.1. The van der Waals surface area contributed by atoms with Gasteiger partial charge in [-0.2, -0.15) is 0 Å². The minimum atomic E-state index is -0.474. The quantitative estimate of drug-likeness (QED) is 0.334. The third-order valence-electron chi connectivity index (χ3n) is 6.62. The Morgan fingerprint density at radius 2 is 1.84 bits per heavy atom. The van der Waals surface area contributed by atoms with E-state index in [2.05, 4.69) is 6.92 Å². The van der Waals surface area contributed by atoms with Crippen LogP contribution in [0.15, 0.2) is 79.1 Å². The van der Waals surface area contributed by atoms with E-state index in [0.717, 1.165) is 23.3 Å². The zero-order valence-corrected chi connectivity index (χ0v) is 17.7. The van der Waals surface area contributed by atoms with Gasteiger partial charge in [-0.1, -0.05) is 48.5 Å². The van der Waals surface area contributed by atoms with Crippen LogP contribution in [0.2, 0.25) is 0 Å². The molecule has 6 rings (SSSR count). The van der Waals surface area contributed by atoms with E-state index in [1.54, 1.807) is 18.3 Å². The normalized spacial score (nSPS) is 23.3. The molecular formula is C26H22N2O4. The molecule has 2 unspecified atom stereocenters. The first-order chi connectivity index (χ1) is 15.6. The van der Waals surface area contributed by atoms with Gasteiger partial charge in [0.25, 0.3) is 0 Å². The second-order valence-electron chi connectivity index (χ2n) is 8.70. The number of benzene rings is 2. The van der Waals surface area contributed by atoms with Crippen molar-refractivity contribution in [2.24, 2.45) is 0 Å². The molecule has 2 aromatic heterocycles. The van der Waals surface area contributed by atoms with Crippen molar-refractivity contribution in [1.29, 1.82) is 0 Å². The summed E-state index contributed by atoms with van der Waals surface area (Å²) in [4.78, 5) is 17.9. The van der Waals surface area contributed by atoms with Crippen molar-refractivity contribution in [3.8, 4) is 11.5 Å². The van der Waals surface area contributed by atoms with E-state index in [1.807, 2.05) is 65.2 Å². The number of hydrogen-bond acceptors (Lipinski definition) is 5. The highest BCUT2D eigenvalue weighted by molar-refractivity contribution is 5.94. The topological polar surface area (TPSA) is 62.1 Å². The molecule has 0 spiro atoms. The molecule has 1 aliphatic heterocycles. The summed E-state index contributed by atoms with van der Waals surface area (Å²) in [6.07, 6.45) is 4.71. The molecule has 3 heterocycles. The van der Waals surface area contributed by atoms with E-state index in [0.29, 0.717) is 30.3 Å². The predicted octanol–water partition coefficient (Wildman–Crippen LogP) is 4.56. The summed E-state index contributed by atoms with van der Waals surface area (Å²) in [5.41, 5.74) is 2.98. The molecule has 4 aromatic rings. The Bertz CT molecular complexity index is 1320. The molecule has 1 aliphatic carbocycles. The lowest BCUT2D eigenvalue weighted by molar-refractivity contribution is -0.0704. The third kappa shape index (κ3) is 2.99. The smallest absolute Gasteiger partial charge is 0.348 e. The van der Waals surface area contributed by atoms with Crippen LogP contribution in [0.5, 0.6) is 11.5 Å². The zero-order valence-electron chi connectivity index (χ0n) is 17.7. The number of rotatable bonds is 6. The number of imidazole rings is 1. The summed E-state index contributed by atoms with van der Waals surface area (Å²) >= 11 is 0. The van der Waals surface area contributed by atoms with Crippen LogP contribution in [0.3, 0.4) is 0 Å². The van der Waals surface area contributed by atoms with Crippen LogP contribution in [0, 0.1) is 0 Å². The number of aromatic nitrogens is 2. The van der Waals surface area contributed by atoms with Gasteiger partial charge in [0.1, 0.15) is 29.3 Å². The van der Waals surface area contributed by atoms with Crippen LogP contribution in [-0.2, 0) is 16.8 Å². The summed E-state index contributed by atoms with van der Waals surface area (Å²) in [7, 11) is 0. The predicted molar refractivity (Wildman–Crippen MR) is 118 cm³/mol. The maximum Gasteiger partial charge on any atom is 0.348 e. The van der Waals surface area contributed by atoms with Crippen LogP contribution in [0.1, 0.15) is 35.0 Å². The van der Waals surface area contributed by atoms with Crippen LogP contribution in [0.4, 0.5) is 0 Å². The molecule has 6 heteroatoms. The fourth-order valence-corrected chi connectivity index (χ4v) is 4.47. The van der Waals surface area contributed by atoms with Gasteiger partial charge in [0, 0.05) is 18.5 Å². The molecule has 0 bridgehead atoms.